The van der Waals surface area contributed by atoms with E-state index in [1.165, 1.54) is 0 Å². The van der Waals surface area contributed by atoms with Crippen molar-refractivity contribution in [3.05, 3.63) is 65.0 Å². The minimum Gasteiger partial charge on any atom is -0.588 e. The number of carbonyl (C=O) groups is 1. The summed E-state index contributed by atoms with van der Waals surface area (Å²) in [7, 11) is 3.85. The fraction of sp³-hybridized carbons (Fsp3) is 0.143. The van der Waals surface area contributed by atoms with Gasteiger partial charge >= 0.3 is 5.91 Å². The minimum atomic E-state index is -1.83. The number of furan rings is 1. The van der Waals surface area contributed by atoms with E-state index in [1.807, 2.05) is 37.2 Å². The highest BCUT2D eigenvalue weighted by atomic mass is 35.5. The van der Waals surface area contributed by atoms with Gasteiger partial charge < -0.3 is 13.9 Å². The van der Waals surface area contributed by atoms with Gasteiger partial charge in [0, 0.05) is 42.3 Å². The predicted molar refractivity (Wildman–Crippen MR) is 116 cm³/mol. The number of carbonyl (C=O) groups excluding carboxylic acids is 1. The number of anilines is 1. The smallest absolute Gasteiger partial charge is 0.328 e. The Hall–Kier alpha value is -2.74. The van der Waals surface area contributed by atoms with Crippen molar-refractivity contribution in [3.8, 4) is 0 Å². The summed E-state index contributed by atoms with van der Waals surface area (Å²) in [5.41, 5.74) is 2.74. The average Bonchev–Trinajstić information content (AvgIpc) is 3.10. The highest BCUT2D eigenvalue weighted by Gasteiger charge is 2.23. The zero-order valence-corrected chi connectivity index (χ0v) is 17.6. The van der Waals surface area contributed by atoms with Crippen molar-refractivity contribution >= 4 is 56.4 Å². The second kappa shape index (κ2) is 7.59. The molecule has 4 aromatic rings. The number of pyridine rings is 1. The fourth-order valence-corrected chi connectivity index (χ4v) is 4.27. The van der Waals surface area contributed by atoms with Crippen molar-refractivity contribution in [2.24, 2.45) is 0 Å². The van der Waals surface area contributed by atoms with Crippen LogP contribution in [0.25, 0.3) is 21.9 Å². The Morgan fingerprint density at radius 1 is 1.21 bits per heavy atom. The number of nitrogens with one attached hydrogen (secondary N) is 1. The number of rotatable bonds is 4. The molecule has 4 rings (SSSR count). The number of benzene rings is 2. The summed E-state index contributed by atoms with van der Waals surface area (Å²) in [5, 5.41) is 1.99. The molecule has 0 aliphatic rings. The SMILES string of the molecule is Cc1cc(Cl)c2cccc([S+]([O-])NC(=O)c3cc4ccc(N(C)C)cc4o3)c2n1. The van der Waals surface area contributed by atoms with Crippen LogP contribution in [0.4, 0.5) is 5.69 Å². The van der Waals surface area contributed by atoms with Gasteiger partial charge in [0.15, 0.2) is 5.76 Å². The van der Waals surface area contributed by atoms with Gasteiger partial charge in [-0.25, -0.2) is 4.98 Å². The Morgan fingerprint density at radius 3 is 2.76 bits per heavy atom. The molecule has 2 aromatic heterocycles. The summed E-state index contributed by atoms with van der Waals surface area (Å²) in [6.45, 7) is 1.81. The normalized spacial score (nSPS) is 12.3. The first-order chi connectivity index (χ1) is 13.8. The van der Waals surface area contributed by atoms with Gasteiger partial charge in [-0.1, -0.05) is 23.7 Å². The first-order valence-electron chi connectivity index (χ1n) is 8.83. The van der Waals surface area contributed by atoms with E-state index in [-0.39, 0.29) is 5.76 Å². The highest BCUT2D eigenvalue weighted by molar-refractivity contribution is 7.90. The zero-order valence-electron chi connectivity index (χ0n) is 16.0. The van der Waals surface area contributed by atoms with Gasteiger partial charge in [0.05, 0.1) is 5.02 Å². The number of fused-ring (bicyclic) bond motifs is 2. The third-order valence-corrected chi connectivity index (χ3v) is 5.92. The van der Waals surface area contributed by atoms with E-state index in [1.54, 1.807) is 37.3 Å². The Labute approximate surface area is 175 Å². The molecule has 8 heteroatoms. The first-order valence-corrected chi connectivity index (χ1v) is 10.4. The topological polar surface area (TPSA) is 81.4 Å². The molecular formula is C21H18ClN3O3S. The summed E-state index contributed by atoms with van der Waals surface area (Å²) >= 11 is 4.45. The Bertz CT molecular complexity index is 1240. The second-order valence-electron chi connectivity index (χ2n) is 6.82. The number of nitrogens with zero attached hydrogens (tertiary/aromatic N) is 2. The van der Waals surface area contributed by atoms with Gasteiger partial charge in [0.2, 0.25) is 4.90 Å². The molecule has 0 fully saturated rings. The average molecular weight is 428 g/mol. The molecule has 1 amide bonds. The highest BCUT2D eigenvalue weighted by Crippen LogP contribution is 2.28. The molecule has 148 valence electrons. The van der Waals surface area contributed by atoms with Crippen LogP contribution in [0.3, 0.4) is 0 Å². The number of amides is 1. The molecule has 1 atom stereocenters. The maximum atomic E-state index is 12.9. The van der Waals surface area contributed by atoms with Crippen LogP contribution < -0.4 is 9.62 Å². The molecule has 0 spiro atoms. The third-order valence-electron chi connectivity index (χ3n) is 4.51. The monoisotopic (exact) mass is 427 g/mol. The van der Waals surface area contributed by atoms with Crippen LogP contribution in [-0.2, 0) is 11.4 Å². The molecule has 1 N–H and O–H groups in total. The molecule has 0 saturated heterocycles. The molecule has 0 saturated carbocycles. The standard InChI is InChI=1S/C21H18ClN3O3S/c1-12-9-16(22)15-5-4-6-19(20(15)23-12)29(27)24-21(26)18-10-13-7-8-14(25(2)3)11-17(13)28-18/h4-11H,1-3H3,(H,24,26). The summed E-state index contributed by atoms with van der Waals surface area (Å²) < 4.78 is 21.0. The number of halogens is 1. The molecule has 0 bridgehead atoms. The third kappa shape index (κ3) is 3.76. The lowest BCUT2D eigenvalue weighted by molar-refractivity contribution is 0.0956. The molecule has 2 heterocycles. The van der Waals surface area contributed by atoms with Crippen molar-refractivity contribution in [2.75, 3.05) is 19.0 Å². The van der Waals surface area contributed by atoms with E-state index < -0.39 is 17.3 Å². The summed E-state index contributed by atoms with van der Waals surface area (Å²) in [5.74, 6) is -0.478. The van der Waals surface area contributed by atoms with E-state index >= 15 is 0 Å². The quantitative estimate of drug-likeness (QED) is 0.486. The van der Waals surface area contributed by atoms with E-state index in [0.717, 1.165) is 11.1 Å². The maximum absolute atomic E-state index is 12.9. The molecule has 0 aliphatic heterocycles. The van der Waals surface area contributed by atoms with Crippen molar-refractivity contribution < 1.29 is 13.8 Å². The van der Waals surface area contributed by atoms with Gasteiger partial charge in [-0.05, 0) is 37.3 Å². The van der Waals surface area contributed by atoms with Gasteiger partial charge in [0.25, 0.3) is 0 Å². The lowest BCUT2D eigenvalue weighted by Gasteiger charge is -2.12. The van der Waals surface area contributed by atoms with E-state index in [4.69, 9.17) is 16.0 Å². The summed E-state index contributed by atoms with van der Waals surface area (Å²) in [6.07, 6.45) is 0. The van der Waals surface area contributed by atoms with Gasteiger partial charge in [-0.15, -0.1) is 0 Å². The van der Waals surface area contributed by atoms with E-state index in [2.05, 4.69) is 9.71 Å². The summed E-state index contributed by atoms with van der Waals surface area (Å²) in [6, 6.07) is 14.2. The fourth-order valence-electron chi connectivity index (χ4n) is 3.05. The number of hydrogen-bond donors (Lipinski definition) is 1. The molecule has 29 heavy (non-hydrogen) atoms. The summed E-state index contributed by atoms with van der Waals surface area (Å²) in [4.78, 5) is 19.4. The van der Waals surface area contributed by atoms with Gasteiger partial charge in [-0.2, -0.15) is 4.72 Å². The maximum Gasteiger partial charge on any atom is 0.328 e. The lowest BCUT2D eigenvalue weighted by Crippen LogP contribution is -2.30. The molecule has 2 aromatic carbocycles. The molecule has 0 aliphatic carbocycles. The van der Waals surface area contributed by atoms with Crippen LogP contribution in [-0.4, -0.2) is 29.5 Å². The van der Waals surface area contributed by atoms with Crippen molar-refractivity contribution in [1.82, 2.24) is 9.71 Å². The first kappa shape index (κ1) is 19.6. The van der Waals surface area contributed by atoms with Crippen LogP contribution in [0.1, 0.15) is 16.2 Å². The van der Waals surface area contributed by atoms with Gasteiger partial charge in [-0.3, -0.25) is 4.79 Å². The number of para-hydroxylation sites is 1. The second-order valence-corrected chi connectivity index (χ2v) is 8.41. The Balaban J connectivity index is 1.63. The van der Waals surface area contributed by atoms with Crippen molar-refractivity contribution in [2.45, 2.75) is 11.8 Å². The van der Waals surface area contributed by atoms with Gasteiger partial charge in [0.1, 0.15) is 22.5 Å². The van der Waals surface area contributed by atoms with E-state index in [9.17, 15) is 9.35 Å². The largest absolute Gasteiger partial charge is 0.588 e. The number of aromatic nitrogens is 1. The molecule has 0 radical (unpaired) electrons. The van der Waals surface area contributed by atoms with Crippen LogP contribution in [0.5, 0.6) is 0 Å². The molecule has 6 nitrogen and oxygen atoms in total. The van der Waals surface area contributed by atoms with Crippen molar-refractivity contribution in [1.29, 1.82) is 0 Å². The molecule has 1 unspecified atom stereocenters. The van der Waals surface area contributed by atoms with Crippen LogP contribution >= 0.6 is 11.6 Å². The molecular weight excluding hydrogens is 410 g/mol. The van der Waals surface area contributed by atoms with Crippen LogP contribution in [0.2, 0.25) is 5.02 Å². The minimum absolute atomic E-state index is 0.0895. The zero-order chi connectivity index (χ0) is 20.7. The predicted octanol–water partition coefficient (Wildman–Crippen LogP) is 4.46. The number of hydrogen-bond acceptors (Lipinski definition) is 5. The lowest BCUT2D eigenvalue weighted by atomic mass is 10.2. The van der Waals surface area contributed by atoms with E-state index in [0.29, 0.717) is 32.1 Å². The Kier molecular flexibility index (Phi) is 5.12. The van der Waals surface area contributed by atoms with Crippen LogP contribution in [0.15, 0.2) is 57.8 Å². The van der Waals surface area contributed by atoms with Crippen molar-refractivity contribution in [3.63, 3.8) is 0 Å². The number of aryl methyl sites for hydroxylation is 1. The van der Waals surface area contributed by atoms with Crippen LogP contribution in [0, 0.1) is 6.92 Å². The Morgan fingerprint density at radius 2 is 2.00 bits per heavy atom.